The molecule has 5 nitrogen and oxygen atoms in total. The molecule has 1 aliphatic heterocycles. The van der Waals surface area contributed by atoms with Gasteiger partial charge >= 0.3 is 0 Å². The lowest BCUT2D eigenvalue weighted by Crippen LogP contribution is -2.45. The average molecular weight is 248 g/mol. The van der Waals surface area contributed by atoms with Gasteiger partial charge in [0.15, 0.2) is 0 Å². The Bertz CT molecular complexity index is 439. The van der Waals surface area contributed by atoms with Crippen LogP contribution in [0, 0.1) is 0 Å². The summed E-state index contributed by atoms with van der Waals surface area (Å²) in [5.41, 5.74) is 8.01. The normalized spacial score (nSPS) is 16.7. The number of carbonyl (C=O) groups is 1. The number of rotatable bonds is 2. The molecule has 0 aliphatic carbocycles. The number of likely N-dealkylation sites (N-methyl/N-ethyl adjacent to an activating group) is 1. The number of benzene rings is 1. The van der Waals surface area contributed by atoms with E-state index >= 15 is 0 Å². The first-order chi connectivity index (χ1) is 8.61. The van der Waals surface area contributed by atoms with Gasteiger partial charge in [0, 0.05) is 44.6 Å². The number of carbonyl (C=O) groups excluding carboxylic acids is 1. The van der Waals surface area contributed by atoms with Gasteiger partial charge in [0.2, 0.25) is 0 Å². The molecular weight excluding hydrogens is 228 g/mol. The second-order valence-electron chi connectivity index (χ2n) is 4.65. The van der Waals surface area contributed by atoms with Gasteiger partial charge in [-0.05, 0) is 25.2 Å². The summed E-state index contributed by atoms with van der Waals surface area (Å²) in [5, 5.41) is 2.67. The lowest BCUT2D eigenvalue weighted by Gasteiger charge is -2.35. The van der Waals surface area contributed by atoms with Crippen molar-refractivity contribution in [2.24, 2.45) is 0 Å². The highest BCUT2D eigenvalue weighted by Crippen LogP contribution is 2.24. The summed E-state index contributed by atoms with van der Waals surface area (Å²) in [7, 11) is 3.75. The maximum Gasteiger partial charge on any atom is 0.253 e. The van der Waals surface area contributed by atoms with Crippen molar-refractivity contribution in [3.05, 3.63) is 23.8 Å². The molecule has 18 heavy (non-hydrogen) atoms. The van der Waals surface area contributed by atoms with Crippen LogP contribution in [-0.2, 0) is 0 Å². The van der Waals surface area contributed by atoms with E-state index in [1.165, 1.54) is 0 Å². The maximum atomic E-state index is 11.9. The van der Waals surface area contributed by atoms with Crippen molar-refractivity contribution in [2.75, 3.05) is 50.9 Å². The van der Waals surface area contributed by atoms with E-state index in [1.54, 1.807) is 13.1 Å². The molecule has 0 atom stereocenters. The molecule has 0 bridgehead atoms. The van der Waals surface area contributed by atoms with Gasteiger partial charge in [-0.3, -0.25) is 4.79 Å². The van der Waals surface area contributed by atoms with Gasteiger partial charge < -0.3 is 20.9 Å². The number of hydrogen-bond acceptors (Lipinski definition) is 4. The van der Waals surface area contributed by atoms with Gasteiger partial charge in [0.05, 0.1) is 5.56 Å². The SMILES string of the molecule is CNC(=O)c1cc(N)ccc1N1CCN(C)CC1. The molecule has 2 rings (SSSR count). The molecule has 5 heteroatoms. The van der Waals surface area contributed by atoms with Crippen molar-refractivity contribution in [1.82, 2.24) is 10.2 Å². The Kier molecular flexibility index (Phi) is 3.72. The Morgan fingerprint density at radius 3 is 2.56 bits per heavy atom. The summed E-state index contributed by atoms with van der Waals surface area (Å²) in [5.74, 6) is -0.0868. The van der Waals surface area contributed by atoms with Crippen LogP contribution in [-0.4, -0.2) is 51.1 Å². The number of amides is 1. The van der Waals surface area contributed by atoms with Crippen LogP contribution in [0.5, 0.6) is 0 Å². The Morgan fingerprint density at radius 1 is 1.28 bits per heavy atom. The smallest absolute Gasteiger partial charge is 0.253 e. The Labute approximate surface area is 108 Å². The molecule has 1 aliphatic rings. The first kappa shape index (κ1) is 12.7. The fourth-order valence-corrected chi connectivity index (χ4v) is 2.19. The highest BCUT2D eigenvalue weighted by molar-refractivity contribution is 6.00. The number of piperazine rings is 1. The summed E-state index contributed by atoms with van der Waals surface area (Å²) in [6, 6.07) is 5.53. The molecule has 1 aromatic rings. The van der Waals surface area contributed by atoms with E-state index in [9.17, 15) is 4.79 Å². The molecular formula is C13H20N4O. The van der Waals surface area contributed by atoms with Crippen molar-refractivity contribution in [3.8, 4) is 0 Å². The molecule has 1 aromatic carbocycles. The zero-order chi connectivity index (χ0) is 13.1. The van der Waals surface area contributed by atoms with E-state index in [4.69, 9.17) is 5.73 Å². The standard InChI is InChI=1S/C13H20N4O/c1-15-13(18)11-9-10(14)3-4-12(11)17-7-5-16(2)6-8-17/h3-4,9H,5-8,14H2,1-2H3,(H,15,18). The van der Waals surface area contributed by atoms with Crippen molar-refractivity contribution in [2.45, 2.75) is 0 Å². The first-order valence-electron chi connectivity index (χ1n) is 6.17. The van der Waals surface area contributed by atoms with E-state index in [0.717, 1.165) is 31.9 Å². The highest BCUT2D eigenvalue weighted by atomic mass is 16.1. The van der Waals surface area contributed by atoms with Crippen molar-refractivity contribution < 1.29 is 4.79 Å². The van der Waals surface area contributed by atoms with Crippen molar-refractivity contribution >= 4 is 17.3 Å². The Morgan fingerprint density at radius 2 is 1.94 bits per heavy atom. The molecule has 0 radical (unpaired) electrons. The zero-order valence-electron chi connectivity index (χ0n) is 10.9. The molecule has 0 spiro atoms. The third-order valence-electron chi connectivity index (χ3n) is 3.34. The van der Waals surface area contributed by atoms with Crippen LogP contribution in [0.1, 0.15) is 10.4 Å². The predicted molar refractivity (Wildman–Crippen MR) is 74.0 cm³/mol. The summed E-state index contributed by atoms with van der Waals surface area (Å²) in [4.78, 5) is 16.4. The fraction of sp³-hybridized carbons (Fsp3) is 0.462. The monoisotopic (exact) mass is 248 g/mol. The third kappa shape index (κ3) is 2.56. The van der Waals surface area contributed by atoms with Gasteiger partial charge in [-0.15, -0.1) is 0 Å². The maximum absolute atomic E-state index is 11.9. The highest BCUT2D eigenvalue weighted by Gasteiger charge is 2.19. The molecule has 1 heterocycles. The predicted octanol–water partition coefficient (Wildman–Crippen LogP) is 0.380. The van der Waals surface area contributed by atoms with E-state index in [0.29, 0.717) is 11.3 Å². The van der Waals surface area contributed by atoms with Gasteiger partial charge in [0.25, 0.3) is 5.91 Å². The van der Waals surface area contributed by atoms with Gasteiger partial charge in [0.1, 0.15) is 0 Å². The number of hydrogen-bond donors (Lipinski definition) is 2. The fourth-order valence-electron chi connectivity index (χ4n) is 2.19. The van der Waals surface area contributed by atoms with E-state index in [2.05, 4.69) is 22.2 Å². The number of nitrogen functional groups attached to an aromatic ring is 1. The van der Waals surface area contributed by atoms with E-state index in [-0.39, 0.29) is 5.91 Å². The van der Waals surface area contributed by atoms with Crippen LogP contribution in [0.3, 0.4) is 0 Å². The number of nitrogens with zero attached hydrogens (tertiary/aromatic N) is 2. The topological polar surface area (TPSA) is 61.6 Å². The minimum atomic E-state index is -0.0868. The summed E-state index contributed by atoms with van der Waals surface area (Å²) in [6.45, 7) is 3.89. The van der Waals surface area contributed by atoms with Crippen LogP contribution in [0.4, 0.5) is 11.4 Å². The largest absolute Gasteiger partial charge is 0.399 e. The van der Waals surface area contributed by atoms with Crippen LogP contribution < -0.4 is 16.0 Å². The molecule has 0 unspecified atom stereocenters. The van der Waals surface area contributed by atoms with Crippen molar-refractivity contribution in [1.29, 1.82) is 0 Å². The number of nitrogens with two attached hydrogens (primary N) is 1. The lowest BCUT2D eigenvalue weighted by atomic mass is 10.1. The lowest BCUT2D eigenvalue weighted by molar-refractivity contribution is 0.0963. The quantitative estimate of drug-likeness (QED) is 0.743. The second kappa shape index (κ2) is 5.27. The van der Waals surface area contributed by atoms with Crippen LogP contribution in [0.2, 0.25) is 0 Å². The minimum absolute atomic E-state index is 0.0868. The average Bonchev–Trinajstić information content (AvgIpc) is 2.39. The molecule has 1 fully saturated rings. The number of nitrogens with one attached hydrogen (secondary N) is 1. The molecule has 98 valence electrons. The van der Waals surface area contributed by atoms with E-state index in [1.807, 2.05) is 12.1 Å². The zero-order valence-corrected chi connectivity index (χ0v) is 10.9. The van der Waals surface area contributed by atoms with Crippen molar-refractivity contribution in [3.63, 3.8) is 0 Å². The van der Waals surface area contributed by atoms with Crippen LogP contribution in [0.15, 0.2) is 18.2 Å². The molecule has 0 saturated carbocycles. The molecule has 3 N–H and O–H groups in total. The Hall–Kier alpha value is -1.75. The summed E-state index contributed by atoms with van der Waals surface area (Å²) in [6.07, 6.45) is 0. The molecule has 1 saturated heterocycles. The van der Waals surface area contributed by atoms with Gasteiger partial charge in [-0.25, -0.2) is 0 Å². The van der Waals surface area contributed by atoms with Gasteiger partial charge in [-0.1, -0.05) is 0 Å². The first-order valence-corrected chi connectivity index (χ1v) is 6.17. The third-order valence-corrected chi connectivity index (χ3v) is 3.34. The van der Waals surface area contributed by atoms with E-state index < -0.39 is 0 Å². The van der Waals surface area contributed by atoms with Crippen LogP contribution in [0.25, 0.3) is 0 Å². The summed E-state index contributed by atoms with van der Waals surface area (Å²) < 4.78 is 0. The van der Waals surface area contributed by atoms with Crippen LogP contribution >= 0.6 is 0 Å². The summed E-state index contributed by atoms with van der Waals surface area (Å²) >= 11 is 0. The number of anilines is 2. The molecule has 1 amide bonds. The second-order valence-corrected chi connectivity index (χ2v) is 4.65. The van der Waals surface area contributed by atoms with Gasteiger partial charge in [-0.2, -0.15) is 0 Å². The minimum Gasteiger partial charge on any atom is -0.399 e. The molecule has 0 aromatic heterocycles. The Balaban J connectivity index is 2.29.